The van der Waals surface area contributed by atoms with Crippen LogP contribution in [0.15, 0.2) is 9.41 Å². The number of carbonyl (C=O) groups is 1. The number of nitrogens with one attached hydrogen (secondary N) is 2. The number of hydrogen-bond acceptors (Lipinski definition) is 4. The highest BCUT2D eigenvalue weighted by Gasteiger charge is 2.07. The topological polar surface area (TPSA) is 82.8 Å². The first-order chi connectivity index (χ1) is 9.43. The fourth-order valence-corrected chi connectivity index (χ4v) is 1.40. The van der Waals surface area contributed by atoms with E-state index in [0.717, 1.165) is 11.5 Å². The van der Waals surface area contributed by atoms with Gasteiger partial charge in [0, 0.05) is 20.6 Å². The molecule has 112 valence electrons. The lowest BCUT2D eigenvalue weighted by atomic mass is 10.4. The summed E-state index contributed by atoms with van der Waals surface area (Å²) < 4.78 is 5.48. The summed E-state index contributed by atoms with van der Waals surface area (Å²) in [7, 11) is 3.41. The molecule has 1 rings (SSSR count). The average molecular weight is 281 g/mol. The first-order valence-corrected chi connectivity index (χ1v) is 6.59. The van der Waals surface area contributed by atoms with Crippen molar-refractivity contribution in [2.75, 3.05) is 27.2 Å². The van der Waals surface area contributed by atoms with Gasteiger partial charge in [0.05, 0.1) is 12.2 Å². The molecule has 0 spiro atoms. The van der Waals surface area contributed by atoms with Crippen LogP contribution in [-0.2, 0) is 11.3 Å². The molecule has 1 heterocycles. The Morgan fingerprint density at radius 3 is 2.55 bits per heavy atom. The van der Waals surface area contributed by atoms with Gasteiger partial charge in [-0.15, -0.1) is 0 Å². The van der Waals surface area contributed by atoms with Gasteiger partial charge in [-0.3, -0.25) is 4.79 Å². The van der Waals surface area contributed by atoms with Crippen molar-refractivity contribution in [3.63, 3.8) is 0 Å². The normalized spacial score (nSPS) is 11.3. The van der Waals surface area contributed by atoms with E-state index in [-0.39, 0.29) is 12.5 Å². The predicted molar refractivity (Wildman–Crippen MR) is 77.5 cm³/mol. The van der Waals surface area contributed by atoms with Gasteiger partial charge in [0.2, 0.25) is 11.8 Å². The Morgan fingerprint density at radius 2 is 2.05 bits per heavy atom. The summed E-state index contributed by atoms with van der Waals surface area (Å²) in [6.45, 7) is 6.98. The van der Waals surface area contributed by atoms with Crippen LogP contribution >= 0.6 is 0 Å². The van der Waals surface area contributed by atoms with E-state index < -0.39 is 0 Å². The molecular weight excluding hydrogens is 258 g/mol. The van der Waals surface area contributed by atoms with Gasteiger partial charge in [-0.25, -0.2) is 9.98 Å². The lowest BCUT2D eigenvalue weighted by Crippen LogP contribution is -2.38. The second-order valence-electron chi connectivity index (χ2n) is 4.59. The van der Waals surface area contributed by atoms with Crippen molar-refractivity contribution in [3.8, 4) is 0 Å². The third kappa shape index (κ3) is 4.91. The van der Waals surface area contributed by atoms with Gasteiger partial charge < -0.3 is 20.0 Å². The quantitative estimate of drug-likeness (QED) is 0.604. The van der Waals surface area contributed by atoms with E-state index in [4.69, 9.17) is 4.42 Å². The minimum Gasteiger partial charge on any atom is -0.444 e. The molecule has 0 radical (unpaired) electrons. The maximum atomic E-state index is 11.5. The van der Waals surface area contributed by atoms with E-state index in [1.807, 2.05) is 20.8 Å². The minimum atomic E-state index is -0.0509. The smallest absolute Gasteiger partial charge is 0.243 e. The van der Waals surface area contributed by atoms with Crippen molar-refractivity contribution in [2.45, 2.75) is 27.3 Å². The molecule has 2 N–H and O–H groups in total. The molecule has 7 heteroatoms. The monoisotopic (exact) mass is 281 g/mol. The number of oxazole rings is 1. The van der Waals surface area contributed by atoms with Crippen molar-refractivity contribution in [1.29, 1.82) is 0 Å². The average Bonchev–Trinajstić information content (AvgIpc) is 2.71. The van der Waals surface area contributed by atoms with Gasteiger partial charge in [-0.1, -0.05) is 0 Å². The highest BCUT2D eigenvalue weighted by molar-refractivity contribution is 5.84. The number of amides is 1. The van der Waals surface area contributed by atoms with Gasteiger partial charge in [0.25, 0.3) is 0 Å². The number of likely N-dealkylation sites (N-methyl/N-ethyl adjacent to an activating group) is 1. The maximum Gasteiger partial charge on any atom is 0.243 e. The van der Waals surface area contributed by atoms with E-state index in [2.05, 4.69) is 20.6 Å². The van der Waals surface area contributed by atoms with E-state index in [1.54, 1.807) is 14.1 Å². The maximum absolute atomic E-state index is 11.5. The summed E-state index contributed by atoms with van der Waals surface area (Å²) in [4.78, 5) is 21.5. The predicted octanol–water partition coefficient (Wildman–Crippen LogP) is 0.435. The molecule has 1 aromatic rings. The lowest BCUT2D eigenvalue weighted by Gasteiger charge is -2.11. The molecule has 0 saturated carbocycles. The van der Waals surface area contributed by atoms with Crippen molar-refractivity contribution >= 4 is 11.9 Å². The summed E-state index contributed by atoms with van der Waals surface area (Å²) in [6.07, 6.45) is 0. The molecule has 0 bridgehead atoms. The molecule has 0 aromatic carbocycles. The number of aryl methyl sites for hydroxylation is 2. The summed E-state index contributed by atoms with van der Waals surface area (Å²) in [5.41, 5.74) is 0.881. The molecule has 20 heavy (non-hydrogen) atoms. The highest BCUT2D eigenvalue weighted by Crippen LogP contribution is 2.07. The Morgan fingerprint density at radius 1 is 1.35 bits per heavy atom. The van der Waals surface area contributed by atoms with E-state index >= 15 is 0 Å². The molecular formula is C13H23N5O2. The van der Waals surface area contributed by atoms with E-state index in [0.29, 0.717) is 24.9 Å². The standard InChI is InChI=1S/C13H23N5O2/c1-6-14-13(16-8-12(19)18(4)5)15-7-11-17-9(2)10(3)20-11/h6-8H2,1-5H3,(H2,14,15,16). The molecule has 0 aliphatic carbocycles. The zero-order chi connectivity index (χ0) is 15.1. The van der Waals surface area contributed by atoms with Crippen LogP contribution in [0.4, 0.5) is 0 Å². The first-order valence-electron chi connectivity index (χ1n) is 6.59. The Bertz CT molecular complexity index is 460. The molecule has 0 atom stereocenters. The molecule has 0 saturated heterocycles. The van der Waals surface area contributed by atoms with Crippen molar-refractivity contribution < 1.29 is 9.21 Å². The van der Waals surface area contributed by atoms with E-state index in [9.17, 15) is 4.79 Å². The fraction of sp³-hybridized carbons (Fsp3) is 0.615. The van der Waals surface area contributed by atoms with Crippen molar-refractivity contribution in [1.82, 2.24) is 20.5 Å². The Hall–Kier alpha value is -2.05. The minimum absolute atomic E-state index is 0.0509. The summed E-state index contributed by atoms with van der Waals surface area (Å²) in [5, 5.41) is 6.15. The van der Waals surface area contributed by atoms with Gasteiger partial charge in [-0.2, -0.15) is 0 Å². The van der Waals surface area contributed by atoms with Gasteiger partial charge >= 0.3 is 0 Å². The second kappa shape index (κ2) is 7.52. The highest BCUT2D eigenvalue weighted by atomic mass is 16.4. The number of nitrogens with zero attached hydrogens (tertiary/aromatic N) is 3. The first kappa shape index (κ1) is 16.0. The third-order valence-corrected chi connectivity index (χ3v) is 2.70. The molecule has 0 aliphatic heterocycles. The summed E-state index contributed by atoms with van der Waals surface area (Å²) in [5.74, 6) is 1.93. The third-order valence-electron chi connectivity index (χ3n) is 2.70. The van der Waals surface area contributed by atoms with Gasteiger partial charge in [0.15, 0.2) is 5.96 Å². The molecule has 1 amide bonds. The van der Waals surface area contributed by atoms with Crippen LogP contribution in [0.1, 0.15) is 24.3 Å². The zero-order valence-electron chi connectivity index (χ0n) is 12.8. The van der Waals surface area contributed by atoms with Crippen molar-refractivity contribution in [3.05, 3.63) is 17.3 Å². The molecule has 0 unspecified atom stereocenters. The fourth-order valence-electron chi connectivity index (χ4n) is 1.40. The molecule has 0 fully saturated rings. The van der Waals surface area contributed by atoms with Crippen LogP contribution in [0.5, 0.6) is 0 Å². The Balaban J connectivity index is 2.58. The Kier molecular flexibility index (Phi) is 6.02. The number of aliphatic imine (C=N–C) groups is 1. The number of hydrogen-bond donors (Lipinski definition) is 2. The Labute approximate surface area is 119 Å². The number of rotatable bonds is 5. The van der Waals surface area contributed by atoms with E-state index in [1.165, 1.54) is 4.90 Å². The molecule has 7 nitrogen and oxygen atoms in total. The van der Waals surface area contributed by atoms with Crippen LogP contribution in [-0.4, -0.2) is 48.9 Å². The lowest BCUT2D eigenvalue weighted by molar-refractivity contribution is -0.127. The number of guanidine groups is 1. The summed E-state index contributed by atoms with van der Waals surface area (Å²) in [6, 6.07) is 0. The number of aromatic nitrogens is 1. The number of carbonyl (C=O) groups excluding carboxylic acids is 1. The summed E-state index contributed by atoms with van der Waals surface area (Å²) >= 11 is 0. The van der Waals surface area contributed by atoms with Crippen molar-refractivity contribution in [2.24, 2.45) is 4.99 Å². The van der Waals surface area contributed by atoms with Crippen LogP contribution in [0.3, 0.4) is 0 Å². The SMILES string of the molecule is CCNC(=NCC(=O)N(C)C)NCc1nc(C)c(C)o1. The molecule has 0 aliphatic rings. The van der Waals surface area contributed by atoms with Gasteiger partial charge in [-0.05, 0) is 20.8 Å². The zero-order valence-corrected chi connectivity index (χ0v) is 12.8. The van der Waals surface area contributed by atoms with Crippen LogP contribution in [0, 0.1) is 13.8 Å². The van der Waals surface area contributed by atoms with Gasteiger partial charge in [0.1, 0.15) is 12.3 Å². The van der Waals surface area contributed by atoms with Crippen LogP contribution < -0.4 is 10.6 Å². The van der Waals surface area contributed by atoms with Crippen LogP contribution in [0.2, 0.25) is 0 Å². The van der Waals surface area contributed by atoms with Crippen LogP contribution in [0.25, 0.3) is 0 Å². The molecule has 1 aromatic heterocycles. The largest absolute Gasteiger partial charge is 0.444 e. The second-order valence-corrected chi connectivity index (χ2v) is 4.59.